The molecular formula is C17H12O5. The molecule has 0 spiro atoms. The molecule has 0 radical (unpaired) electrons. The number of benzene rings is 2. The molecule has 0 aliphatic carbocycles. The first-order valence-electron chi connectivity index (χ1n) is 6.76. The molecule has 110 valence electrons. The summed E-state index contributed by atoms with van der Waals surface area (Å²) in [5.74, 6) is 1.89. The fourth-order valence-corrected chi connectivity index (χ4v) is 2.49. The molecule has 0 N–H and O–H groups in total. The number of fused-ring (bicyclic) bond motifs is 2. The number of methoxy groups -OCH3 is 1. The van der Waals surface area contributed by atoms with Crippen LogP contribution in [0.4, 0.5) is 0 Å². The van der Waals surface area contributed by atoms with E-state index in [0.29, 0.717) is 28.0 Å². The zero-order chi connectivity index (χ0) is 15.1. The van der Waals surface area contributed by atoms with Crippen LogP contribution in [-0.4, -0.2) is 13.9 Å². The number of rotatable bonds is 2. The highest BCUT2D eigenvalue weighted by atomic mass is 16.7. The molecule has 1 aliphatic rings. The first-order valence-corrected chi connectivity index (χ1v) is 6.76. The Kier molecular flexibility index (Phi) is 2.79. The van der Waals surface area contributed by atoms with Gasteiger partial charge in [-0.2, -0.15) is 0 Å². The number of ether oxygens (including phenoxy) is 3. The van der Waals surface area contributed by atoms with Crippen LogP contribution in [0.1, 0.15) is 0 Å². The van der Waals surface area contributed by atoms with E-state index in [-0.39, 0.29) is 12.2 Å². The van der Waals surface area contributed by atoms with E-state index >= 15 is 0 Å². The van der Waals surface area contributed by atoms with Crippen molar-refractivity contribution in [2.75, 3.05) is 13.9 Å². The summed E-state index contributed by atoms with van der Waals surface area (Å²) >= 11 is 0. The third-order valence-corrected chi connectivity index (χ3v) is 3.67. The molecule has 0 atom stereocenters. The van der Waals surface area contributed by atoms with Gasteiger partial charge in [0.1, 0.15) is 17.6 Å². The Morgan fingerprint density at radius 1 is 1.05 bits per heavy atom. The Morgan fingerprint density at radius 3 is 2.50 bits per heavy atom. The second kappa shape index (κ2) is 4.80. The zero-order valence-corrected chi connectivity index (χ0v) is 11.8. The first-order chi connectivity index (χ1) is 10.8. The van der Waals surface area contributed by atoms with Gasteiger partial charge in [-0.3, -0.25) is 4.79 Å². The maximum absolute atomic E-state index is 12.7. The minimum absolute atomic E-state index is 0.107. The Morgan fingerprint density at radius 2 is 1.77 bits per heavy atom. The van der Waals surface area contributed by atoms with Crippen LogP contribution in [0, 0.1) is 0 Å². The standard InChI is InChI=1S/C17H12O5/c1-19-11-4-2-10(3-5-11)13-8-20-14-7-16-15(21-9-22-16)6-12(14)17(13)18/h2-8H,9H2,1H3. The van der Waals surface area contributed by atoms with Gasteiger partial charge in [0, 0.05) is 6.07 Å². The Hall–Kier alpha value is -2.95. The van der Waals surface area contributed by atoms with E-state index in [2.05, 4.69) is 0 Å². The molecule has 4 rings (SSSR count). The summed E-state index contributed by atoms with van der Waals surface area (Å²) in [6.45, 7) is 0.158. The SMILES string of the molecule is COc1ccc(-c2coc3cc4c(cc3c2=O)OCO4)cc1. The minimum atomic E-state index is -0.107. The Balaban J connectivity index is 1.90. The van der Waals surface area contributed by atoms with E-state index in [0.717, 1.165) is 11.3 Å². The van der Waals surface area contributed by atoms with Crippen molar-refractivity contribution in [2.45, 2.75) is 0 Å². The zero-order valence-electron chi connectivity index (χ0n) is 11.8. The molecule has 5 heteroatoms. The van der Waals surface area contributed by atoms with E-state index in [4.69, 9.17) is 18.6 Å². The summed E-state index contributed by atoms with van der Waals surface area (Å²) in [5.41, 5.74) is 1.64. The van der Waals surface area contributed by atoms with Crippen LogP contribution in [0.5, 0.6) is 17.2 Å². The van der Waals surface area contributed by atoms with Crippen LogP contribution in [0.15, 0.2) is 51.9 Å². The molecule has 0 unspecified atom stereocenters. The highest BCUT2D eigenvalue weighted by Crippen LogP contribution is 2.35. The van der Waals surface area contributed by atoms with Crippen molar-refractivity contribution in [1.29, 1.82) is 0 Å². The second-order valence-corrected chi connectivity index (χ2v) is 4.91. The van der Waals surface area contributed by atoms with Gasteiger partial charge in [-0.15, -0.1) is 0 Å². The lowest BCUT2D eigenvalue weighted by atomic mass is 10.1. The van der Waals surface area contributed by atoms with E-state index in [1.807, 2.05) is 12.1 Å². The summed E-state index contributed by atoms with van der Waals surface area (Å²) in [7, 11) is 1.60. The molecule has 3 aromatic rings. The van der Waals surface area contributed by atoms with Crippen molar-refractivity contribution in [3.8, 4) is 28.4 Å². The summed E-state index contributed by atoms with van der Waals surface area (Å²) in [6.07, 6.45) is 1.47. The lowest BCUT2D eigenvalue weighted by Crippen LogP contribution is -2.04. The van der Waals surface area contributed by atoms with Crippen LogP contribution in [0.25, 0.3) is 22.1 Å². The molecule has 0 saturated heterocycles. The van der Waals surface area contributed by atoms with Gasteiger partial charge in [0.15, 0.2) is 11.5 Å². The normalized spacial score (nSPS) is 12.6. The van der Waals surface area contributed by atoms with E-state index < -0.39 is 0 Å². The first kappa shape index (κ1) is 12.8. The largest absolute Gasteiger partial charge is 0.497 e. The third-order valence-electron chi connectivity index (χ3n) is 3.67. The lowest BCUT2D eigenvalue weighted by molar-refractivity contribution is 0.174. The lowest BCUT2D eigenvalue weighted by Gasteiger charge is -2.05. The number of hydrogen-bond acceptors (Lipinski definition) is 5. The average Bonchev–Trinajstić information content (AvgIpc) is 3.01. The molecule has 5 nitrogen and oxygen atoms in total. The van der Waals surface area contributed by atoms with Crippen molar-refractivity contribution < 1.29 is 18.6 Å². The van der Waals surface area contributed by atoms with Crippen molar-refractivity contribution >= 4 is 11.0 Å². The highest BCUT2D eigenvalue weighted by Gasteiger charge is 2.18. The topological polar surface area (TPSA) is 57.9 Å². The van der Waals surface area contributed by atoms with Gasteiger partial charge >= 0.3 is 0 Å². The van der Waals surface area contributed by atoms with Crippen LogP contribution in [0.3, 0.4) is 0 Å². The second-order valence-electron chi connectivity index (χ2n) is 4.91. The van der Waals surface area contributed by atoms with Gasteiger partial charge in [0.05, 0.1) is 18.1 Å². The highest BCUT2D eigenvalue weighted by molar-refractivity contribution is 5.84. The van der Waals surface area contributed by atoms with E-state index in [1.165, 1.54) is 6.26 Å². The van der Waals surface area contributed by atoms with Crippen molar-refractivity contribution in [3.63, 3.8) is 0 Å². The monoisotopic (exact) mass is 296 g/mol. The fourth-order valence-electron chi connectivity index (χ4n) is 2.49. The average molecular weight is 296 g/mol. The third kappa shape index (κ3) is 1.90. The van der Waals surface area contributed by atoms with E-state index in [1.54, 1.807) is 31.4 Å². The van der Waals surface area contributed by atoms with Crippen LogP contribution in [0.2, 0.25) is 0 Å². The molecule has 2 aromatic carbocycles. The summed E-state index contributed by atoms with van der Waals surface area (Å²) in [4.78, 5) is 12.7. The predicted molar refractivity (Wildman–Crippen MR) is 80.6 cm³/mol. The summed E-state index contributed by atoms with van der Waals surface area (Å²) in [6, 6.07) is 10.6. The quantitative estimate of drug-likeness (QED) is 0.727. The van der Waals surface area contributed by atoms with Gasteiger partial charge < -0.3 is 18.6 Å². The molecule has 22 heavy (non-hydrogen) atoms. The Bertz CT molecular complexity index is 909. The maximum Gasteiger partial charge on any atom is 0.231 e. The number of hydrogen-bond donors (Lipinski definition) is 0. The van der Waals surface area contributed by atoms with E-state index in [9.17, 15) is 4.79 Å². The fraction of sp³-hybridized carbons (Fsp3) is 0.118. The van der Waals surface area contributed by atoms with Gasteiger partial charge in [-0.25, -0.2) is 0 Å². The molecule has 2 heterocycles. The van der Waals surface area contributed by atoms with Crippen molar-refractivity contribution in [3.05, 3.63) is 52.9 Å². The van der Waals surface area contributed by atoms with Gasteiger partial charge in [0.25, 0.3) is 0 Å². The molecule has 1 aromatic heterocycles. The van der Waals surface area contributed by atoms with Crippen LogP contribution < -0.4 is 19.6 Å². The summed E-state index contributed by atoms with van der Waals surface area (Å²) < 4.78 is 21.3. The maximum atomic E-state index is 12.7. The summed E-state index contributed by atoms with van der Waals surface area (Å²) in [5, 5.41) is 0.470. The van der Waals surface area contributed by atoms with Crippen molar-refractivity contribution in [2.24, 2.45) is 0 Å². The molecule has 1 aliphatic heterocycles. The van der Waals surface area contributed by atoms with Crippen LogP contribution >= 0.6 is 0 Å². The predicted octanol–water partition coefficient (Wildman–Crippen LogP) is 3.20. The van der Waals surface area contributed by atoms with Gasteiger partial charge in [0.2, 0.25) is 12.2 Å². The minimum Gasteiger partial charge on any atom is -0.497 e. The van der Waals surface area contributed by atoms with Gasteiger partial charge in [-0.1, -0.05) is 12.1 Å². The van der Waals surface area contributed by atoms with Crippen LogP contribution in [-0.2, 0) is 0 Å². The molecule has 0 amide bonds. The smallest absolute Gasteiger partial charge is 0.231 e. The molecule has 0 bridgehead atoms. The molecule has 0 fully saturated rings. The van der Waals surface area contributed by atoms with Gasteiger partial charge in [-0.05, 0) is 23.8 Å². The Labute approximate surface area is 125 Å². The molecular weight excluding hydrogens is 284 g/mol. The molecule has 0 saturated carbocycles. The van der Waals surface area contributed by atoms with Crippen molar-refractivity contribution in [1.82, 2.24) is 0 Å².